The average molecular weight is 272 g/mol. The van der Waals surface area contributed by atoms with Crippen LogP contribution >= 0.6 is 0 Å². The Morgan fingerprint density at radius 1 is 1.25 bits per heavy atom. The summed E-state index contributed by atoms with van der Waals surface area (Å²) >= 11 is 0. The van der Waals surface area contributed by atoms with Crippen LogP contribution in [-0.4, -0.2) is 25.0 Å². The molecule has 0 aromatic heterocycles. The number of rotatable bonds is 3. The van der Waals surface area contributed by atoms with Crippen molar-refractivity contribution in [2.75, 3.05) is 18.5 Å². The number of para-hydroxylation sites is 1. The summed E-state index contributed by atoms with van der Waals surface area (Å²) in [6, 6.07) is 8.30. The number of amides is 1. The Morgan fingerprint density at radius 3 is 2.75 bits per heavy atom. The second-order valence-corrected chi connectivity index (χ2v) is 6.19. The van der Waals surface area contributed by atoms with Gasteiger partial charge < -0.3 is 10.2 Å². The zero-order valence-corrected chi connectivity index (χ0v) is 12.3. The molecule has 0 bridgehead atoms. The number of hydrogen-bond donors (Lipinski definition) is 1. The number of carbonyl (C=O) groups is 1. The molecule has 0 radical (unpaired) electrons. The lowest BCUT2D eigenvalue weighted by molar-refractivity contribution is -0.120. The summed E-state index contributed by atoms with van der Waals surface area (Å²) in [5.74, 6) is 0.284. The topological polar surface area (TPSA) is 32.3 Å². The summed E-state index contributed by atoms with van der Waals surface area (Å²) in [7, 11) is 2.01. The molecule has 0 spiro atoms. The highest BCUT2D eigenvalue weighted by molar-refractivity contribution is 5.96. The van der Waals surface area contributed by atoms with Crippen LogP contribution in [0.25, 0.3) is 0 Å². The van der Waals surface area contributed by atoms with Crippen LogP contribution in [0.5, 0.6) is 0 Å². The van der Waals surface area contributed by atoms with Crippen molar-refractivity contribution in [3.63, 3.8) is 0 Å². The van der Waals surface area contributed by atoms with Gasteiger partial charge in [-0.1, -0.05) is 37.5 Å². The van der Waals surface area contributed by atoms with Gasteiger partial charge in [0.15, 0.2) is 0 Å². The minimum Gasteiger partial charge on any atom is -0.314 e. The van der Waals surface area contributed by atoms with E-state index in [2.05, 4.69) is 23.5 Å². The minimum atomic E-state index is 0.0346. The van der Waals surface area contributed by atoms with Crippen LogP contribution in [0, 0.1) is 0 Å². The molecule has 0 saturated heterocycles. The first-order valence-electron chi connectivity index (χ1n) is 7.81. The third kappa shape index (κ3) is 2.47. The first-order valence-corrected chi connectivity index (χ1v) is 7.81. The molecule has 1 aliphatic heterocycles. The molecule has 1 N–H and O–H groups in total. The largest absolute Gasteiger partial charge is 0.314 e. The summed E-state index contributed by atoms with van der Waals surface area (Å²) in [5, 5.41) is 3.45. The fraction of sp³-hybridized carbons (Fsp3) is 0.588. The zero-order chi connectivity index (χ0) is 14.0. The Balaban J connectivity index is 1.74. The lowest BCUT2D eigenvalue weighted by Crippen LogP contribution is -2.48. The van der Waals surface area contributed by atoms with Gasteiger partial charge >= 0.3 is 0 Å². The van der Waals surface area contributed by atoms with E-state index < -0.39 is 0 Å². The van der Waals surface area contributed by atoms with E-state index in [1.54, 1.807) is 0 Å². The maximum absolute atomic E-state index is 12.7. The van der Waals surface area contributed by atoms with E-state index in [-0.39, 0.29) is 11.4 Å². The highest BCUT2D eigenvalue weighted by Crippen LogP contribution is 2.34. The van der Waals surface area contributed by atoms with E-state index in [1.165, 1.54) is 24.8 Å². The molecule has 2 aliphatic rings. The highest BCUT2D eigenvalue weighted by Gasteiger charge is 2.35. The number of nitrogens with one attached hydrogen (secondary N) is 1. The van der Waals surface area contributed by atoms with Gasteiger partial charge in [0, 0.05) is 24.2 Å². The molecule has 1 aromatic carbocycles. The molecule has 3 heteroatoms. The van der Waals surface area contributed by atoms with E-state index in [0.717, 1.165) is 31.5 Å². The molecule has 1 fully saturated rings. The molecule has 0 atom stereocenters. The van der Waals surface area contributed by atoms with Gasteiger partial charge in [-0.05, 0) is 37.9 Å². The fourth-order valence-electron chi connectivity index (χ4n) is 3.73. The van der Waals surface area contributed by atoms with Gasteiger partial charge in [0.1, 0.15) is 0 Å². The van der Waals surface area contributed by atoms with Gasteiger partial charge in [0.05, 0.1) is 0 Å². The predicted molar refractivity (Wildman–Crippen MR) is 82.0 cm³/mol. The molecular weight excluding hydrogens is 248 g/mol. The lowest BCUT2D eigenvalue weighted by Gasteiger charge is -2.37. The quantitative estimate of drug-likeness (QED) is 0.917. The van der Waals surface area contributed by atoms with Crippen molar-refractivity contribution in [2.45, 2.75) is 50.5 Å². The molecule has 1 aliphatic carbocycles. The smallest absolute Gasteiger partial charge is 0.228 e. The number of hydrogen-bond acceptors (Lipinski definition) is 2. The van der Waals surface area contributed by atoms with Crippen LogP contribution in [0.15, 0.2) is 24.3 Å². The Bertz CT molecular complexity index is 492. The third-order valence-corrected chi connectivity index (χ3v) is 5.02. The van der Waals surface area contributed by atoms with E-state index >= 15 is 0 Å². The molecule has 0 unspecified atom stereocenters. The number of carbonyl (C=O) groups excluding carboxylic acids is 1. The van der Waals surface area contributed by atoms with Crippen LogP contribution in [0.4, 0.5) is 5.69 Å². The second kappa shape index (κ2) is 5.57. The van der Waals surface area contributed by atoms with Crippen molar-refractivity contribution >= 4 is 11.6 Å². The fourth-order valence-corrected chi connectivity index (χ4v) is 3.73. The van der Waals surface area contributed by atoms with Gasteiger partial charge in [0.2, 0.25) is 5.91 Å². The molecule has 3 rings (SSSR count). The monoisotopic (exact) mass is 272 g/mol. The maximum Gasteiger partial charge on any atom is 0.228 e. The van der Waals surface area contributed by atoms with Crippen molar-refractivity contribution in [2.24, 2.45) is 0 Å². The Hall–Kier alpha value is -1.35. The van der Waals surface area contributed by atoms with Gasteiger partial charge in [-0.15, -0.1) is 0 Å². The number of benzene rings is 1. The molecule has 108 valence electrons. The van der Waals surface area contributed by atoms with Crippen LogP contribution in [-0.2, 0) is 11.2 Å². The van der Waals surface area contributed by atoms with Crippen LogP contribution in [0.3, 0.4) is 0 Å². The second-order valence-electron chi connectivity index (χ2n) is 6.19. The summed E-state index contributed by atoms with van der Waals surface area (Å²) < 4.78 is 0. The SMILES string of the molecule is CNC1(CC(=O)N2CCc3ccccc32)CCCCC1. The summed E-state index contributed by atoms with van der Waals surface area (Å²) in [4.78, 5) is 14.7. The summed E-state index contributed by atoms with van der Waals surface area (Å²) in [6.07, 6.45) is 7.68. The average Bonchev–Trinajstić information content (AvgIpc) is 2.92. The maximum atomic E-state index is 12.7. The van der Waals surface area contributed by atoms with Crippen molar-refractivity contribution in [3.8, 4) is 0 Å². The standard InChI is InChI=1S/C17H24N2O/c1-18-17(10-5-2-6-11-17)13-16(20)19-12-9-14-7-3-4-8-15(14)19/h3-4,7-8,18H,2,5-6,9-13H2,1H3. The van der Waals surface area contributed by atoms with Crippen molar-refractivity contribution < 1.29 is 4.79 Å². The summed E-state index contributed by atoms with van der Waals surface area (Å²) in [6.45, 7) is 0.845. The minimum absolute atomic E-state index is 0.0346. The van der Waals surface area contributed by atoms with E-state index in [1.807, 2.05) is 18.0 Å². The normalized spacial score (nSPS) is 20.8. The molecule has 1 saturated carbocycles. The van der Waals surface area contributed by atoms with Crippen molar-refractivity contribution in [3.05, 3.63) is 29.8 Å². The van der Waals surface area contributed by atoms with Crippen molar-refractivity contribution in [1.29, 1.82) is 0 Å². The highest BCUT2D eigenvalue weighted by atomic mass is 16.2. The molecular formula is C17H24N2O. The lowest BCUT2D eigenvalue weighted by atomic mass is 9.79. The Labute approximate surface area is 121 Å². The third-order valence-electron chi connectivity index (χ3n) is 5.02. The molecule has 1 amide bonds. The summed E-state index contributed by atoms with van der Waals surface area (Å²) in [5.41, 5.74) is 2.47. The van der Waals surface area contributed by atoms with Gasteiger partial charge in [0.25, 0.3) is 0 Å². The Morgan fingerprint density at radius 2 is 2.00 bits per heavy atom. The van der Waals surface area contributed by atoms with Crippen LogP contribution < -0.4 is 10.2 Å². The molecule has 3 nitrogen and oxygen atoms in total. The first kappa shape index (κ1) is 13.6. The molecule has 1 aromatic rings. The molecule has 1 heterocycles. The number of anilines is 1. The predicted octanol–water partition coefficient (Wildman–Crippen LogP) is 2.89. The van der Waals surface area contributed by atoms with Gasteiger partial charge in [-0.2, -0.15) is 0 Å². The number of nitrogens with zero attached hydrogens (tertiary/aromatic N) is 1. The van der Waals surface area contributed by atoms with Gasteiger partial charge in [-0.25, -0.2) is 0 Å². The van der Waals surface area contributed by atoms with E-state index in [0.29, 0.717) is 6.42 Å². The van der Waals surface area contributed by atoms with E-state index in [9.17, 15) is 4.79 Å². The van der Waals surface area contributed by atoms with Crippen LogP contribution in [0.1, 0.15) is 44.1 Å². The van der Waals surface area contributed by atoms with E-state index in [4.69, 9.17) is 0 Å². The first-order chi connectivity index (χ1) is 9.74. The Kier molecular flexibility index (Phi) is 3.79. The molecule has 20 heavy (non-hydrogen) atoms. The zero-order valence-electron chi connectivity index (χ0n) is 12.3. The van der Waals surface area contributed by atoms with Gasteiger partial charge in [-0.3, -0.25) is 4.79 Å². The van der Waals surface area contributed by atoms with Crippen molar-refractivity contribution in [1.82, 2.24) is 5.32 Å². The van der Waals surface area contributed by atoms with Crippen LogP contribution in [0.2, 0.25) is 0 Å². The number of fused-ring (bicyclic) bond motifs is 1.